The van der Waals surface area contributed by atoms with Crippen molar-refractivity contribution < 1.29 is 4.79 Å². The molecule has 3 aliphatic rings. The van der Waals surface area contributed by atoms with Gasteiger partial charge in [-0.25, -0.2) is 0 Å². The number of carbonyl (C=O) groups is 1. The molecule has 3 rings (SSSR count). The van der Waals surface area contributed by atoms with Gasteiger partial charge < -0.3 is 9.80 Å². The Morgan fingerprint density at radius 2 is 1.85 bits per heavy atom. The van der Waals surface area contributed by atoms with Crippen LogP contribution in [-0.2, 0) is 4.79 Å². The van der Waals surface area contributed by atoms with Crippen LogP contribution in [0.1, 0.15) is 58.8 Å². The number of rotatable bonds is 3. The summed E-state index contributed by atoms with van der Waals surface area (Å²) >= 11 is 0. The molecule has 0 aliphatic carbocycles. The Hall–Kier alpha value is -0.610. The first-order valence-electron chi connectivity index (χ1n) is 8.42. The van der Waals surface area contributed by atoms with E-state index < -0.39 is 0 Å². The Morgan fingerprint density at radius 1 is 1.20 bits per heavy atom. The van der Waals surface area contributed by atoms with Crippen molar-refractivity contribution in [1.82, 2.24) is 15.1 Å². The summed E-state index contributed by atoms with van der Waals surface area (Å²) in [6, 6.07) is 1.91. The average Bonchev–Trinajstić information content (AvgIpc) is 2.65. The summed E-state index contributed by atoms with van der Waals surface area (Å²) in [5.41, 5.74) is 0. The molecule has 3 aliphatic heterocycles. The number of hydrogen-bond acceptors (Lipinski definition) is 3. The Balaban J connectivity index is 1.71. The minimum absolute atomic E-state index is 0.0643. The zero-order valence-corrected chi connectivity index (χ0v) is 13.1. The van der Waals surface area contributed by atoms with Crippen LogP contribution in [0, 0.1) is 0 Å². The fourth-order valence-electron chi connectivity index (χ4n) is 4.62. The van der Waals surface area contributed by atoms with Crippen LogP contribution in [0.15, 0.2) is 0 Å². The minimum Gasteiger partial charge on any atom is -0.323 e. The van der Waals surface area contributed by atoms with Gasteiger partial charge in [0.1, 0.15) is 0 Å². The zero-order valence-electron chi connectivity index (χ0n) is 13.1. The largest absolute Gasteiger partial charge is 0.323 e. The third-order valence-electron chi connectivity index (χ3n) is 5.70. The molecule has 0 aromatic rings. The lowest BCUT2D eigenvalue weighted by molar-refractivity contribution is -0.134. The monoisotopic (exact) mass is 279 g/mol. The number of fused-ring (bicyclic) bond motifs is 2. The van der Waals surface area contributed by atoms with Crippen LogP contribution in [-0.4, -0.2) is 53.1 Å². The summed E-state index contributed by atoms with van der Waals surface area (Å²) in [5, 5.41) is 3.49. The van der Waals surface area contributed by atoms with Gasteiger partial charge in [-0.05, 0) is 46.1 Å². The van der Waals surface area contributed by atoms with Crippen molar-refractivity contribution in [3.63, 3.8) is 0 Å². The van der Waals surface area contributed by atoms with Crippen molar-refractivity contribution >= 4 is 5.91 Å². The van der Waals surface area contributed by atoms with E-state index in [-0.39, 0.29) is 12.2 Å². The van der Waals surface area contributed by atoms with Gasteiger partial charge >= 0.3 is 0 Å². The number of nitrogens with zero attached hydrogens (tertiary/aromatic N) is 2. The number of amides is 1. The second kappa shape index (κ2) is 5.64. The molecule has 0 spiro atoms. The molecule has 20 heavy (non-hydrogen) atoms. The number of hydrogen-bond donors (Lipinski definition) is 1. The van der Waals surface area contributed by atoms with E-state index in [1.165, 1.54) is 32.1 Å². The topological polar surface area (TPSA) is 35.6 Å². The molecule has 0 radical (unpaired) electrons. The first-order chi connectivity index (χ1) is 9.61. The molecule has 0 saturated carbocycles. The Kier molecular flexibility index (Phi) is 4.04. The maximum absolute atomic E-state index is 12.7. The fourth-order valence-corrected chi connectivity index (χ4v) is 4.62. The van der Waals surface area contributed by atoms with E-state index in [1.54, 1.807) is 0 Å². The predicted molar refractivity (Wildman–Crippen MR) is 80.4 cm³/mol. The van der Waals surface area contributed by atoms with Gasteiger partial charge in [-0.15, -0.1) is 0 Å². The third-order valence-corrected chi connectivity index (χ3v) is 5.70. The van der Waals surface area contributed by atoms with Crippen LogP contribution in [0.3, 0.4) is 0 Å². The van der Waals surface area contributed by atoms with Crippen molar-refractivity contribution in [3.05, 3.63) is 0 Å². The Labute approximate surface area is 122 Å². The highest BCUT2D eigenvalue weighted by atomic mass is 16.2. The van der Waals surface area contributed by atoms with Crippen molar-refractivity contribution in [2.75, 3.05) is 7.05 Å². The van der Waals surface area contributed by atoms with E-state index in [9.17, 15) is 4.79 Å². The first kappa shape index (κ1) is 14.3. The van der Waals surface area contributed by atoms with Gasteiger partial charge in [0.05, 0.1) is 12.2 Å². The maximum atomic E-state index is 12.7. The molecule has 4 heteroatoms. The van der Waals surface area contributed by atoms with Crippen molar-refractivity contribution in [2.24, 2.45) is 0 Å². The van der Waals surface area contributed by atoms with E-state index in [0.717, 1.165) is 12.8 Å². The van der Waals surface area contributed by atoms with Gasteiger partial charge in [0.2, 0.25) is 5.91 Å². The van der Waals surface area contributed by atoms with Crippen LogP contribution < -0.4 is 5.32 Å². The van der Waals surface area contributed by atoms with Gasteiger partial charge in [-0.2, -0.15) is 0 Å². The molecule has 0 aromatic carbocycles. The van der Waals surface area contributed by atoms with Crippen molar-refractivity contribution in [1.29, 1.82) is 0 Å². The Morgan fingerprint density at radius 3 is 2.45 bits per heavy atom. The molecule has 1 amide bonds. The summed E-state index contributed by atoms with van der Waals surface area (Å²) in [5.74, 6) is 0.354. The Bertz CT molecular complexity index is 359. The highest BCUT2D eigenvalue weighted by Gasteiger charge is 2.45. The molecule has 4 unspecified atom stereocenters. The quantitative estimate of drug-likeness (QED) is 0.857. The van der Waals surface area contributed by atoms with E-state index in [1.807, 2.05) is 0 Å². The highest BCUT2D eigenvalue weighted by molar-refractivity contribution is 5.84. The maximum Gasteiger partial charge on any atom is 0.241 e. The SMILES string of the molecule is CCCC1NC(C)N(C2CC3CCCC(C2)N3C)C1=O. The molecule has 4 atom stereocenters. The lowest BCUT2D eigenvalue weighted by Gasteiger charge is -2.49. The second-order valence-corrected chi connectivity index (χ2v) is 6.96. The smallest absolute Gasteiger partial charge is 0.241 e. The van der Waals surface area contributed by atoms with Gasteiger partial charge in [-0.1, -0.05) is 19.8 Å². The van der Waals surface area contributed by atoms with Gasteiger partial charge in [0.15, 0.2) is 0 Å². The fraction of sp³-hybridized carbons (Fsp3) is 0.938. The van der Waals surface area contributed by atoms with Crippen LogP contribution in [0.2, 0.25) is 0 Å². The van der Waals surface area contributed by atoms with Crippen LogP contribution in [0.25, 0.3) is 0 Å². The highest BCUT2D eigenvalue weighted by Crippen LogP contribution is 2.36. The lowest BCUT2D eigenvalue weighted by atomic mass is 9.81. The molecule has 1 N–H and O–H groups in total. The number of carbonyl (C=O) groups excluding carboxylic acids is 1. The zero-order chi connectivity index (χ0) is 14.3. The standard InChI is InChI=1S/C16H29N3O/c1-4-6-15-16(20)19(11(2)17-15)14-9-12-7-5-8-13(10-14)18(12)3/h11-15,17H,4-10H2,1-3H3. The predicted octanol–water partition coefficient (Wildman–Crippen LogP) is 1.95. The molecule has 3 heterocycles. The summed E-state index contributed by atoms with van der Waals surface area (Å²) < 4.78 is 0. The molecule has 3 fully saturated rings. The minimum atomic E-state index is 0.0643. The molecule has 0 aromatic heterocycles. The molecule has 3 saturated heterocycles. The van der Waals surface area contributed by atoms with Crippen LogP contribution >= 0.6 is 0 Å². The number of nitrogens with one attached hydrogen (secondary N) is 1. The van der Waals surface area contributed by atoms with Crippen LogP contribution in [0.5, 0.6) is 0 Å². The summed E-state index contributed by atoms with van der Waals surface area (Å²) in [6.07, 6.45) is 8.59. The summed E-state index contributed by atoms with van der Waals surface area (Å²) in [7, 11) is 2.28. The van der Waals surface area contributed by atoms with E-state index in [4.69, 9.17) is 0 Å². The first-order valence-corrected chi connectivity index (χ1v) is 8.42. The van der Waals surface area contributed by atoms with Crippen molar-refractivity contribution in [3.8, 4) is 0 Å². The molecule has 4 nitrogen and oxygen atoms in total. The average molecular weight is 279 g/mol. The van der Waals surface area contributed by atoms with Crippen LogP contribution in [0.4, 0.5) is 0 Å². The molecule has 2 bridgehead atoms. The van der Waals surface area contributed by atoms with E-state index in [0.29, 0.717) is 24.0 Å². The normalized spacial score (nSPS) is 42.2. The van der Waals surface area contributed by atoms with E-state index >= 15 is 0 Å². The number of piperidine rings is 2. The molecule has 114 valence electrons. The van der Waals surface area contributed by atoms with E-state index in [2.05, 4.69) is 36.0 Å². The van der Waals surface area contributed by atoms with Crippen molar-refractivity contribution in [2.45, 2.75) is 89.1 Å². The molecular weight excluding hydrogens is 250 g/mol. The lowest BCUT2D eigenvalue weighted by Crippen LogP contribution is -2.57. The summed E-state index contributed by atoms with van der Waals surface area (Å²) in [4.78, 5) is 17.4. The third kappa shape index (κ3) is 2.37. The van der Waals surface area contributed by atoms with Gasteiger partial charge in [-0.3, -0.25) is 10.1 Å². The van der Waals surface area contributed by atoms with Gasteiger partial charge in [0, 0.05) is 18.1 Å². The summed E-state index contributed by atoms with van der Waals surface area (Å²) in [6.45, 7) is 4.31. The van der Waals surface area contributed by atoms with Gasteiger partial charge in [0.25, 0.3) is 0 Å². The molecular formula is C16H29N3O. The second-order valence-electron chi connectivity index (χ2n) is 6.96.